The first-order chi connectivity index (χ1) is 9.04. The molecule has 1 amide bonds. The second-order valence-electron chi connectivity index (χ2n) is 5.09. The molecule has 0 atom stereocenters. The van der Waals surface area contributed by atoms with Gasteiger partial charge in [-0.25, -0.2) is 0 Å². The van der Waals surface area contributed by atoms with E-state index < -0.39 is 0 Å². The van der Waals surface area contributed by atoms with Crippen molar-refractivity contribution in [1.29, 1.82) is 0 Å². The summed E-state index contributed by atoms with van der Waals surface area (Å²) in [5.41, 5.74) is 7.58. The van der Waals surface area contributed by atoms with Gasteiger partial charge < -0.3 is 15.8 Å². The number of para-hydroxylation sites is 1. The van der Waals surface area contributed by atoms with E-state index in [9.17, 15) is 4.79 Å². The Bertz CT molecular complexity index is 417. The summed E-state index contributed by atoms with van der Waals surface area (Å²) < 4.78 is 5.59. The maximum Gasteiger partial charge on any atom is 0.257 e. The van der Waals surface area contributed by atoms with Gasteiger partial charge in [0.1, 0.15) is 5.75 Å². The number of nitrogens with two attached hydrogens (primary N) is 1. The van der Waals surface area contributed by atoms with Gasteiger partial charge in [-0.1, -0.05) is 32.0 Å². The number of hydrogen-bond acceptors (Lipinski definition) is 3. The predicted octanol–water partition coefficient (Wildman–Crippen LogP) is 1.99. The van der Waals surface area contributed by atoms with Crippen LogP contribution < -0.4 is 15.8 Å². The third kappa shape index (κ3) is 5.30. The van der Waals surface area contributed by atoms with E-state index in [4.69, 9.17) is 10.5 Å². The van der Waals surface area contributed by atoms with Gasteiger partial charge in [0.05, 0.1) is 0 Å². The molecule has 0 aliphatic carbocycles. The minimum absolute atomic E-state index is 0.0376. The zero-order valence-corrected chi connectivity index (χ0v) is 12.0. The van der Waals surface area contributed by atoms with Crippen molar-refractivity contribution in [2.45, 2.75) is 33.7 Å². The lowest BCUT2D eigenvalue weighted by molar-refractivity contribution is -0.123. The van der Waals surface area contributed by atoms with Crippen LogP contribution in [0.2, 0.25) is 0 Å². The van der Waals surface area contributed by atoms with Crippen LogP contribution in [0.25, 0.3) is 0 Å². The summed E-state index contributed by atoms with van der Waals surface area (Å²) in [5.74, 6) is 1.22. The van der Waals surface area contributed by atoms with Gasteiger partial charge in [0, 0.05) is 18.7 Å². The summed E-state index contributed by atoms with van der Waals surface area (Å²) >= 11 is 0. The zero-order valence-electron chi connectivity index (χ0n) is 12.0. The van der Waals surface area contributed by atoms with Crippen molar-refractivity contribution in [3.8, 4) is 5.75 Å². The molecular weight excluding hydrogens is 240 g/mol. The van der Waals surface area contributed by atoms with Crippen LogP contribution in [0.1, 0.15) is 31.4 Å². The van der Waals surface area contributed by atoms with Crippen LogP contribution in [-0.4, -0.2) is 19.1 Å². The van der Waals surface area contributed by atoms with Crippen molar-refractivity contribution in [1.82, 2.24) is 5.32 Å². The van der Waals surface area contributed by atoms with Crippen LogP contribution >= 0.6 is 0 Å². The highest BCUT2D eigenvalue weighted by molar-refractivity contribution is 5.77. The smallest absolute Gasteiger partial charge is 0.257 e. The van der Waals surface area contributed by atoms with E-state index in [1.54, 1.807) is 0 Å². The number of benzene rings is 1. The van der Waals surface area contributed by atoms with Crippen molar-refractivity contribution in [2.24, 2.45) is 11.7 Å². The van der Waals surface area contributed by atoms with Gasteiger partial charge in [0.15, 0.2) is 6.61 Å². The van der Waals surface area contributed by atoms with Gasteiger partial charge in [-0.05, 0) is 24.8 Å². The molecule has 106 valence electrons. The van der Waals surface area contributed by atoms with E-state index in [-0.39, 0.29) is 12.5 Å². The van der Waals surface area contributed by atoms with Crippen molar-refractivity contribution in [3.63, 3.8) is 0 Å². The second kappa shape index (κ2) is 7.79. The van der Waals surface area contributed by atoms with Crippen LogP contribution in [-0.2, 0) is 11.3 Å². The topological polar surface area (TPSA) is 64.3 Å². The highest BCUT2D eigenvalue weighted by Gasteiger charge is 2.08. The number of amides is 1. The lowest BCUT2D eigenvalue weighted by Crippen LogP contribution is -2.30. The molecule has 0 radical (unpaired) electrons. The first-order valence-electron chi connectivity index (χ1n) is 6.72. The fraction of sp³-hybridized carbons (Fsp3) is 0.533. The largest absolute Gasteiger partial charge is 0.483 e. The third-order valence-electron chi connectivity index (χ3n) is 2.90. The Labute approximate surface area is 115 Å². The minimum Gasteiger partial charge on any atom is -0.483 e. The first-order valence-corrected chi connectivity index (χ1v) is 6.72. The van der Waals surface area contributed by atoms with E-state index in [2.05, 4.69) is 19.2 Å². The average Bonchev–Trinajstić information content (AvgIpc) is 2.36. The van der Waals surface area contributed by atoms with Crippen molar-refractivity contribution in [2.75, 3.05) is 13.2 Å². The fourth-order valence-corrected chi connectivity index (χ4v) is 1.77. The molecule has 0 bridgehead atoms. The maximum atomic E-state index is 11.6. The van der Waals surface area contributed by atoms with Crippen LogP contribution in [0.3, 0.4) is 0 Å². The van der Waals surface area contributed by atoms with E-state index in [0.717, 1.165) is 23.3 Å². The van der Waals surface area contributed by atoms with Crippen molar-refractivity contribution in [3.05, 3.63) is 29.3 Å². The second-order valence-corrected chi connectivity index (χ2v) is 5.09. The molecular formula is C15H24N2O2. The van der Waals surface area contributed by atoms with Crippen LogP contribution in [0.15, 0.2) is 18.2 Å². The number of ether oxygens (including phenoxy) is 1. The Hall–Kier alpha value is -1.55. The summed E-state index contributed by atoms with van der Waals surface area (Å²) in [6.45, 7) is 7.34. The first kappa shape index (κ1) is 15.5. The molecule has 0 aromatic heterocycles. The molecule has 19 heavy (non-hydrogen) atoms. The van der Waals surface area contributed by atoms with Gasteiger partial charge in [-0.3, -0.25) is 4.79 Å². The van der Waals surface area contributed by atoms with E-state index in [0.29, 0.717) is 19.0 Å². The lowest BCUT2D eigenvalue weighted by Gasteiger charge is -2.13. The monoisotopic (exact) mass is 264 g/mol. The molecule has 0 saturated heterocycles. The molecule has 1 aromatic rings. The number of nitrogens with one attached hydrogen (secondary N) is 1. The van der Waals surface area contributed by atoms with Gasteiger partial charge >= 0.3 is 0 Å². The van der Waals surface area contributed by atoms with Gasteiger partial charge in [-0.2, -0.15) is 0 Å². The molecule has 0 spiro atoms. The minimum atomic E-state index is -0.0909. The lowest BCUT2D eigenvalue weighted by atomic mass is 10.1. The molecule has 1 rings (SSSR count). The Morgan fingerprint density at radius 1 is 1.42 bits per heavy atom. The van der Waals surface area contributed by atoms with Gasteiger partial charge in [0.25, 0.3) is 5.91 Å². The summed E-state index contributed by atoms with van der Waals surface area (Å²) in [6.07, 6.45) is 0.976. The molecule has 0 fully saturated rings. The van der Waals surface area contributed by atoms with Crippen LogP contribution in [0.5, 0.6) is 5.75 Å². The van der Waals surface area contributed by atoms with Gasteiger partial charge in [0.2, 0.25) is 0 Å². The quantitative estimate of drug-likeness (QED) is 0.791. The van der Waals surface area contributed by atoms with E-state index in [1.165, 1.54) is 0 Å². The van der Waals surface area contributed by atoms with E-state index >= 15 is 0 Å². The SMILES string of the molecule is Cc1cccc(CN)c1OCC(=O)NCCC(C)C. The number of rotatable bonds is 7. The maximum absolute atomic E-state index is 11.6. The third-order valence-corrected chi connectivity index (χ3v) is 2.90. The summed E-state index contributed by atoms with van der Waals surface area (Å²) in [6, 6.07) is 5.80. The van der Waals surface area contributed by atoms with Crippen LogP contribution in [0, 0.1) is 12.8 Å². The van der Waals surface area contributed by atoms with Gasteiger partial charge in [-0.15, -0.1) is 0 Å². The molecule has 4 nitrogen and oxygen atoms in total. The number of hydrogen-bond donors (Lipinski definition) is 2. The Morgan fingerprint density at radius 2 is 2.16 bits per heavy atom. The summed E-state index contributed by atoms with van der Waals surface area (Å²) in [7, 11) is 0. The Morgan fingerprint density at radius 3 is 2.79 bits per heavy atom. The Balaban J connectivity index is 2.46. The normalized spacial score (nSPS) is 10.6. The highest BCUT2D eigenvalue weighted by Crippen LogP contribution is 2.22. The van der Waals surface area contributed by atoms with Crippen molar-refractivity contribution >= 4 is 5.91 Å². The Kier molecular flexibility index (Phi) is 6.36. The zero-order chi connectivity index (χ0) is 14.3. The molecule has 0 unspecified atom stereocenters. The summed E-state index contributed by atoms with van der Waals surface area (Å²) in [5, 5.41) is 2.85. The average molecular weight is 264 g/mol. The van der Waals surface area contributed by atoms with Crippen molar-refractivity contribution < 1.29 is 9.53 Å². The van der Waals surface area contributed by atoms with E-state index in [1.807, 2.05) is 25.1 Å². The number of carbonyl (C=O) groups excluding carboxylic acids is 1. The molecule has 0 aliphatic rings. The molecule has 1 aromatic carbocycles. The molecule has 4 heteroatoms. The summed E-state index contributed by atoms with van der Waals surface area (Å²) in [4.78, 5) is 11.6. The standard InChI is InChI=1S/C15H24N2O2/c1-11(2)7-8-17-14(18)10-19-15-12(3)5-4-6-13(15)9-16/h4-6,11H,7-10,16H2,1-3H3,(H,17,18). The predicted molar refractivity (Wildman–Crippen MR) is 77.0 cm³/mol. The number of aryl methyl sites for hydroxylation is 1. The number of carbonyl (C=O) groups is 1. The molecule has 0 heterocycles. The fourth-order valence-electron chi connectivity index (χ4n) is 1.77. The highest BCUT2D eigenvalue weighted by atomic mass is 16.5. The molecule has 3 N–H and O–H groups in total. The molecule has 0 aliphatic heterocycles. The van der Waals surface area contributed by atoms with Crippen LogP contribution in [0.4, 0.5) is 0 Å². The molecule has 0 saturated carbocycles.